The maximum absolute atomic E-state index is 12.9. The first-order valence-electron chi connectivity index (χ1n) is 11.7. The van der Waals surface area contributed by atoms with Crippen LogP contribution in [-0.2, 0) is 23.0 Å². The molecule has 0 atom stereocenters. The molecule has 184 valence electrons. The number of aryl methyl sites for hydroxylation is 1. The summed E-state index contributed by atoms with van der Waals surface area (Å²) in [7, 11) is -2.24. The molecule has 7 nitrogen and oxygen atoms in total. The fourth-order valence-corrected chi connectivity index (χ4v) is 5.56. The molecule has 35 heavy (non-hydrogen) atoms. The molecule has 0 radical (unpaired) electrons. The second-order valence-corrected chi connectivity index (χ2v) is 10.7. The van der Waals surface area contributed by atoms with Gasteiger partial charge in [0.1, 0.15) is 5.75 Å². The number of fused-ring (bicyclic) bond motifs is 1. The van der Waals surface area contributed by atoms with E-state index in [0.29, 0.717) is 11.3 Å². The minimum Gasteiger partial charge on any atom is -0.495 e. The molecule has 1 heterocycles. The fourth-order valence-electron chi connectivity index (χ4n) is 4.28. The van der Waals surface area contributed by atoms with Crippen molar-refractivity contribution >= 4 is 27.3 Å². The van der Waals surface area contributed by atoms with Crippen LogP contribution in [0.15, 0.2) is 71.6 Å². The summed E-state index contributed by atoms with van der Waals surface area (Å²) in [6.45, 7) is 5.27. The molecule has 1 aliphatic heterocycles. The number of carbonyl (C=O) groups excluding carboxylic acids is 1. The smallest absolute Gasteiger partial charge is 0.255 e. The van der Waals surface area contributed by atoms with Gasteiger partial charge in [0.2, 0.25) is 10.0 Å². The number of hydrogen-bond acceptors (Lipinski definition) is 5. The Bertz CT molecular complexity index is 1300. The zero-order valence-corrected chi connectivity index (χ0v) is 21.1. The van der Waals surface area contributed by atoms with Gasteiger partial charge in [-0.1, -0.05) is 30.3 Å². The first kappa shape index (κ1) is 24.8. The van der Waals surface area contributed by atoms with E-state index in [1.807, 2.05) is 12.1 Å². The third-order valence-electron chi connectivity index (χ3n) is 5.92. The van der Waals surface area contributed by atoms with Crippen LogP contribution in [0.4, 0.5) is 11.4 Å². The lowest BCUT2D eigenvalue weighted by Gasteiger charge is -2.31. The standard InChI is InChI=1S/C27H31N3O4S/c1-19(2)29-35(32,33)23-14-15-26(34-3)24(17-23)28-27(31)22-12-10-20(11-13-22)18-30-16-6-8-21-7-4-5-9-25(21)30/h4-5,7,9-15,17,19,29H,6,8,16,18H2,1-3H3,(H,28,31). The van der Waals surface area contributed by atoms with Crippen molar-refractivity contribution in [3.63, 3.8) is 0 Å². The SMILES string of the molecule is COc1ccc(S(=O)(=O)NC(C)C)cc1NC(=O)c1ccc(CN2CCCc3ccccc32)cc1. The predicted molar refractivity (Wildman–Crippen MR) is 139 cm³/mol. The van der Waals surface area contributed by atoms with E-state index in [0.717, 1.165) is 31.5 Å². The lowest BCUT2D eigenvalue weighted by atomic mass is 10.0. The van der Waals surface area contributed by atoms with Gasteiger partial charge < -0.3 is 15.0 Å². The average Bonchev–Trinajstić information content (AvgIpc) is 2.84. The van der Waals surface area contributed by atoms with Crippen LogP contribution in [0.25, 0.3) is 0 Å². The summed E-state index contributed by atoms with van der Waals surface area (Å²) in [5.74, 6) is 0.0340. The summed E-state index contributed by atoms with van der Waals surface area (Å²) in [5, 5.41) is 2.79. The Kier molecular flexibility index (Phi) is 7.42. The normalized spacial score (nSPS) is 13.4. The van der Waals surface area contributed by atoms with Crippen LogP contribution in [0.1, 0.15) is 41.8 Å². The van der Waals surface area contributed by atoms with Gasteiger partial charge in [-0.05, 0) is 74.2 Å². The van der Waals surface area contributed by atoms with Crippen molar-refractivity contribution in [2.75, 3.05) is 23.9 Å². The van der Waals surface area contributed by atoms with Gasteiger partial charge in [0.05, 0.1) is 17.7 Å². The number of para-hydroxylation sites is 1. The predicted octanol–water partition coefficient (Wildman–Crippen LogP) is 4.59. The highest BCUT2D eigenvalue weighted by Crippen LogP contribution is 2.29. The lowest BCUT2D eigenvalue weighted by Crippen LogP contribution is -2.30. The number of sulfonamides is 1. The Morgan fingerprint density at radius 2 is 1.80 bits per heavy atom. The number of nitrogens with zero attached hydrogens (tertiary/aromatic N) is 1. The zero-order chi connectivity index (χ0) is 25.0. The highest BCUT2D eigenvalue weighted by Gasteiger charge is 2.20. The van der Waals surface area contributed by atoms with Gasteiger partial charge in [-0.15, -0.1) is 0 Å². The number of amides is 1. The molecule has 8 heteroatoms. The highest BCUT2D eigenvalue weighted by molar-refractivity contribution is 7.89. The van der Waals surface area contributed by atoms with Crippen LogP contribution in [0, 0.1) is 0 Å². The van der Waals surface area contributed by atoms with Gasteiger partial charge in [-0.25, -0.2) is 13.1 Å². The summed E-state index contributed by atoms with van der Waals surface area (Å²) in [5.41, 5.74) is 4.52. The van der Waals surface area contributed by atoms with Gasteiger partial charge in [-0.2, -0.15) is 0 Å². The summed E-state index contributed by atoms with van der Waals surface area (Å²) >= 11 is 0. The van der Waals surface area contributed by atoms with Crippen LogP contribution < -0.4 is 19.7 Å². The minimum absolute atomic E-state index is 0.0551. The Labute approximate surface area is 207 Å². The maximum atomic E-state index is 12.9. The maximum Gasteiger partial charge on any atom is 0.255 e. The summed E-state index contributed by atoms with van der Waals surface area (Å²) in [6.07, 6.45) is 2.23. The quantitative estimate of drug-likeness (QED) is 0.479. The topological polar surface area (TPSA) is 87.7 Å². The van der Waals surface area contributed by atoms with Crippen LogP contribution in [0.2, 0.25) is 0 Å². The number of nitrogens with one attached hydrogen (secondary N) is 2. The monoisotopic (exact) mass is 493 g/mol. The number of anilines is 2. The first-order valence-corrected chi connectivity index (χ1v) is 13.2. The zero-order valence-electron chi connectivity index (χ0n) is 20.2. The van der Waals surface area contributed by atoms with Crippen LogP contribution in [-0.4, -0.2) is 34.0 Å². The van der Waals surface area contributed by atoms with Crippen molar-refractivity contribution in [3.05, 3.63) is 83.4 Å². The number of methoxy groups -OCH3 is 1. The molecular formula is C27H31N3O4S. The molecule has 0 saturated carbocycles. The number of benzene rings is 3. The second kappa shape index (κ2) is 10.5. The third kappa shape index (κ3) is 5.83. The van der Waals surface area contributed by atoms with Crippen molar-refractivity contribution < 1.29 is 17.9 Å². The molecule has 0 aliphatic carbocycles. The van der Waals surface area contributed by atoms with Crippen LogP contribution in [0.3, 0.4) is 0 Å². The van der Waals surface area contributed by atoms with E-state index < -0.39 is 10.0 Å². The summed E-state index contributed by atoms with van der Waals surface area (Å²) in [6, 6.07) is 20.1. The van der Waals surface area contributed by atoms with E-state index in [2.05, 4.69) is 39.2 Å². The molecule has 0 spiro atoms. The van der Waals surface area contributed by atoms with Gasteiger partial charge >= 0.3 is 0 Å². The van der Waals surface area contributed by atoms with E-state index >= 15 is 0 Å². The molecule has 3 aromatic rings. The van der Waals surface area contributed by atoms with E-state index in [4.69, 9.17) is 4.74 Å². The summed E-state index contributed by atoms with van der Waals surface area (Å²) in [4.78, 5) is 15.4. The highest BCUT2D eigenvalue weighted by atomic mass is 32.2. The molecule has 0 unspecified atom stereocenters. The lowest BCUT2D eigenvalue weighted by molar-refractivity contribution is 0.102. The molecule has 0 fully saturated rings. The largest absolute Gasteiger partial charge is 0.495 e. The number of carbonyl (C=O) groups is 1. The Morgan fingerprint density at radius 3 is 2.51 bits per heavy atom. The molecule has 2 N–H and O–H groups in total. The third-order valence-corrected chi connectivity index (χ3v) is 7.57. The van der Waals surface area contributed by atoms with Crippen LogP contribution in [0.5, 0.6) is 5.75 Å². The number of rotatable bonds is 8. The van der Waals surface area contributed by atoms with Gasteiger partial charge in [0.25, 0.3) is 5.91 Å². The van der Waals surface area contributed by atoms with Crippen LogP contribution >= 0.6 is 0 Å². The average molecular weight is 494 g/mol. The van der Waals surface area contributed by atoms with Gasteiger partial charge in [0.15, 0.2) is 0 Å². The van der Waals surface area contributed by atoms with Crippen molar-refractivity contribution in [2.45, 2.75) is 44.2 Å². The Hall–Kier alpha value is -3.36. The van der Waals surface area contributed by atoms with E-state index in [9.17, 15) is 13.2 Å². The molecule has 0 aromatic heterocycles. The van der Waals surface area contributed by atoms with Crippen molar-refractivity contribution in [1.82, 2.24) is 4.72 Å². The van der Waals surface area contributed by atoms with Crippen molar-refractivity contribution in [3.8, 4) is 5.75 Å². The minimum atomic E-state index is -3.71. The first-order chi connectivity index (χ1) is 16.8. The molecule has 3 aromatic carbocycles. The molecular weight excluding hydrogens is 462 g/mol. The van der Waals surface area contributed by atoms with Gasteiger partial charge in [-0.3, -0.25) is 4.79 Å². The van der Waals surface area contributed by atoms with Crippen molar-refractivity contribution in [2.24, 2.45) is 0 Å². The second-order valence-electron chi connectivity index (χ2n) is 8.94. The Balaban J connectivity index is 1.49. The molecule has 4 rings (SSSR count). The molecule has 0 saturated heterocycles. The van der Waals surface area contributed by atoms with E-state index in [1.165, 1.54) is 36.6 Å². The van der Waals surface area contributed by atoms with E-state index in [-0.39, 0.29) is 22.5 Å². The van der Waals surface area contributed by atoms with Gasteiger partial charge in [0, 0.05) is 30.4 Å². The fraction of sp³-hybridized carbons (Fsp3) is 0.296. The molecule has 0 bridgehead atoms. The van der Waals surface area contributed by atoms with E-state index in [1.54, 1.807) is 26.0 Å². The molecule has 1 amide bonds. The summed E-state index contributed by atoms with van der Waals surface area (Å²) < 4.78 is 33.0. The molecule has 1 aliphatic rings. The Morgan fingerprint density at radius 1 is 1.06 bits per heavy atom. The number of ether oxygens (including phenoxy) is 1. The van der Waals surface area contributed by atoms with Crippen molar-refractivity contribution in [1.29, 1.82) is 0 Å². The number of hydrogen-bond donors (Lipinski definition) is 2.